The van der Waals surface area contributed by atoms with E-state index in [1.807, 2.05) is 0 Å². The quantitative estimate of drug-likeness (QED) is 0.728. The summed E-state index contributed by atoms with van der Waals surface area (Å²) in [5.41, 5.74) is 5.69. The Labute approximate surface area is 97.9 Å². The molecule has 0 amide bonds. The average molecular weight is 215 g/mol. The second-order valence-corrected chi connectivity index (χ2v) is 5.57. The predicted molar refractivity (Wildman–Crippen MR) is 71.1 cm³/mol. The van der Waals surface area contributed by atoms with Crippen LogP contribution in [0.3, 0.4) is 0 Å². The van der Waals surface area contributed by atoms with Gasteiger partial charge in [-0.15, -0.1) is 0 Å². The van der Waals surface area contributed by atoms with Crippen LogP contribution in [0.15, 0.2) is 18.2 Å². The summed E-state index contributed by atoms with van der Waals surface area (Å²) in [6.07, 6.45) is 1.08. The van der Waals surface area contributed by atoms with Crippen LogP contribution in [0.2, 0.25) is 0 Å². The molecule has 1 heteroatoms. The van der Waals surface area contributed by atoms with Crippen LogP contribution in [0.1, 0.15) is 44.5 Å². The number of aryl methyl sites for hydroxylation is 2. The number of para-hydroxylation sites is 1. The number of fused-ring (bicyclic) bond motifs is 1. The molecule has 0 spiro atoms. The number of benzene rings is 1. The average Bonchev–Trinajstić information content (AvgIpc) is 2.56. The van der Waals surface area contributed by atoms with Gasteiger partial charge in [0.25, 0.3) is 0 Å². The zero-order valence-electron chi connectivity index (χ0n) is 10.9. The maximum Gasteiger partial charge on any atom is 0.0491 e. The van der Waals surface area contributed by atoms with Crippen LogP contribution in [0.4, 0.5) is 0 Å². The molecule has 0 aliphatic carbocycles. The van der Waals surface area contributed by atoms with Crippen molar-refractivity contribution in [3.8, 4) is 0 Å². The van der Waals surface area contributed by atoms with Crippen molar-refractivity contribution < 1.29 is 0 Å². The molecule has 0 radical (unpaired) electrons. The second kappa shape index (κ2) is 3.65. The van der Waals surface area contributed by atoms with Crippen LogP contribution in [-0.2, 0) is 11.8 Å². The van der Waals surface area contributed by atoms with Crippen molar-refractivity contribution in [1.29, 1.82) is 0 Å². The van der Waals surface area contributed by atoms with E-state index in [4.69, 9.17) is 0 Å². The summed E-state index contributed by atoms with van der Waals surface area (Å²) in [5, 5.41) is 1.38. The Morgan fingerprint density at radius 2 is 1.88 bits per heavy atom. The first-order chi connectivity index (χ1) is 7.45. The summed E-state index contributed by atoms with van der Waals surface area (Å²) in [6.45, 7) is 11.2. The van der Waals surface area contributed by atoms with Gasteiger partial charge in [0.05, 0.1) is 0 Å². The third-order valence-electron chi connectivity index (χ3n) is 3.31. The summed E-state index contributed by atoms with van der Waals surface area (Å²) in [5.74, 6) is 0. The van der Waals surface area contributed by atoms with Gasteiger partial charge in [-0.2, -0.15) is 0 Å². The number of aromatic nitrogens is 1. The number of H-pyrrole nitrogens is 1. The van der Waals surface area contributed by atoms with Crippen molar-refractivity contribution in [1.82, 2.24) is 4.98 Å². The maximum absolute atomic E-state index is 3.62. The summed E-state index contributed by atoms with van der Waals surface area (Å²) < 4.78 is 0. The highest BCUT2D eigenvalue weighted by Gasteiger charge is 2.20. The van der Waals surface area contributed by atoms with Gasteiger partial charge in [0, 0.05) is 22.0 Å². The van der Waals surface area contributed by atoms with E-state index in [9.17, 15) is 0 Å². The zero-order chi connectivity index (χ0) is 11.9. The minimum atomic E-state index is 0.189. The van der Waals surface area contributed by atoms with Gasteiger partial charge in [-0.3, -0.25) is 0 Å². The number of hydrogen-bond donors (Lipinski definition) is 1. The van der Waals surface area contributed by atoms with Gasteiger partial charge < -0.3 is 4.98 Å². The Balaban J connectivity index is 2.77. The van der Waals surface area contributed by atoms with E-state index in [2.05, 4.69) is 57.8 Å². The Hall–Kier alpha value is -1.24. The van der Waals surface area contributed by atoms with Crippen LogP contribution in [0.25, 0.3) is 10.9 Å². The minimum Gasteiger partial charge on any atom is -0.357 e. The fourth-order valence-corrected chi connectivity index (χ4v) is 2.46. The fourth-order valence-electron chi connectivity index (χ4n) is 2.46. The summed E-state index contributed by atoms with van der Waals surface area (Å²) in [6, 6.07) is 6.59. The summed E-state index contributed by atoms with van der Waals surface area (Å²) >= 11 is 0. The highest BCUT2D eigenvalue weighted by molar-refractivity contribution is 5.87. The van der Waals surface area contributed by atoms with E-state index < -0.39 is 0 Å². The fraction of sp³-hybridized carbons (Fsp3) is 0.467. The van der Waals surface area contributed by atoms with Crippen molar-refractivity contribution in [2.24, 2.45) is 0 Å². The van der Waals surface area contributed by atoms with Crippen molar-refractivity contribution in [2.75, 3.05) is 0 Å². The molecular formula is C15H21N. The van der Waals surface area contributed by atoms with E-state index in [0.29, 0.717) is 0 Å². The molecule has 86 valence electrons. The van der Waals surface area contributed by atoms with Gasteiger partial charge in [0.15, 0.2) is 0 Å². The van der Waals surface area contributed by atoms with Gasteiger partial charge in [0.1, 0.15) is 0 Å². The summed E-state index contributed by atoms with van der Waals surface area (Å²) in [7, 11) is 0. The Bertz CT molecular complexity index is 512. The number of hydrogen-bond acceptors (Lipinski definition) is 0. The molecule has 1 aromatic carbocycles. The lowest BCUT2D eigenvalue weighted by Crippen LogP contribution is -2.12. The molecule has 16 heavy (non-hydrogen) atoms. The van der Waals surface area contributed by atoms with Crippen LogP contribution in [-0.4, -0.2) is 4.98 Å². The van der Waals surface area contributed by atoms with Crippen LogP contribution in [0.5, 0.6) is 0 Å². The molecule has 1 aromatic heterocycles. The molecule has 1 heterocycles. The lowest BCUT2D eigenvalue weighted by molar-refractivity contribution is 0.570. The molecular weight excluding hydrogens is 194 g/mol. The van der Waals surface area contributed by atoms with Crippen LogP contribution >= 0.6 is 0 Å². The SMILES string of the molecule is CCc1cccc2c(C)c(C(C)(C)C)[nH]c12. The first-order valence-corrected chi connectivity index (χ1v) is 6.05. The van der Waals surface area contributed by atoms with Gasteiger partial charge >= 0.3 is 0 Å². The summed E-state index contributed by atoms with van der Waals surface area (Å²) in [4.78, 5) is 3.62. The Kier molecular flexibility index (Phi) is 2.57. The van der Waals surface area contributed by atoms with Gasteiger partial charge in [0.2, 0.25) is 0 Å². The highest BCUT2D eigenvalue weighted by Crippen LogP contribution is 2.32. The molecule has 0 saturated heterocycles. The normalized spacial score (nSPS) is 12.3. The molecule has 2 rings (SSSR count). The van der Waals surface area contributed by atoms with Gasteiger partial charge in [-0.25, -0.2) is 0 Å². The van der Waals surface area contributed by atoms with E-state index >= 15 is 0 Å². The van der Waals surface area contributed by atoms with Crippen LogP contribution in [0, 0.1) is 6.92 Å². The maximum atomic E-state index is 3.62. The van der Waals surface area contributed by atoms with E-state index in [1.165, 1.54) is 27.7 Å². The number of rotatable bonds is 1. The van der Waals surface area contributed by atoms with Crippen LogP contribution < -0.4 is 0 Å². The Morgan fingerprint density at radius 1 is 1.19 bits per heavy atom. The molecule has 0 atom stereocenters. The lowest BCUT2D eigenvalue weighted by atomic mass is 9.89. The largest absolute Gasteiger partial charge is 0.357 e. The molecule has 1 N–H and O–H groups in total. The number of nitrogens with one attached hydrogen (secondary N) is 1. The number of aromatic amines is 1. The topological polar surface area (TPSA) is 15.8 Å². The zero-order valence-corrected chi connectivity index (χ0v) is 10.9. The van der Waals surface area contributed by atoms with Crippen molar-refractivity contribution in [3.05, 3.63) is 35.0 Å². The lowest BCUT2D eigenvalue weighted by Gasteiger charge is -2.18. The highest BCUT2D eigenvalue weighted by atomic mass is 14.7. The molecule has 0 unspecified atom stereocenters. The first kappa shape index (κ1) is 11.3. The van der Waals surface area contributed by atoms with E-state index in [-0.39, 0.29) is 5.41 Å². The standard InChI is InChI=1S/C15H21N/c1-6-11-8-7-9-12-10(2)14(15(3,4)5)16-13(11)12/h7-9,16H,6H2,1-5H3. The third kappa shape index (κ3) is 1.64. The van der Waals surface area contributed by atoms with Crippen molar-refractivity contribution in [2.45, 2.75) is 46.5 Å². The molecule has 0 bridgehead atoms. The van der Waals surface area contributed by atoms with E-state index in [0.717, 1.165) is 6.42 Å². The molecule has 0 aliphatic heterocycles. The van der Waals surface area contributed by atoms with Gasteiger partial charge in [-0.1, -0.05) is 45.9 Å². The predicted octanol–water partition coefficient (Wildman–Crippen LogP) is 4.34. The van der Waals surface area contributed by atoms with Gasteiger partial charge in [-0.05, 0) is 24.5 Å². The smallest absolute Gasteiger partial charge is 0.0491 e. The first-order valence-electron chi connectivity index (χ1n) is 6.05. The molecule has 0 saturated carbocycles. The third-order valence-corrected chi connectivity index (χ3v) is 3.31. The molecule has 0 aliphatic rings. The second-order valence-electron chi connectivity index (χ2n) is 5.57. The Morgan fingerprint density at radius 3 is 2.44 bits per heavy atom. The van der Waals surface area contributed by atoms with Crippen molar-refractivity contribution >= 4 is 10.9 Å². The van der Waals surface area contributed by atoms with Crippen molar-refractivity contribution in [3.63, 3.8) is 0 Å². The molecule has 1 nitrogen and oxygen atoms in total. The monoisotopic (exact) mass is 215 g/mol. The molecule has 0 fully saturated rings. The molecule has 2 aromatic rings. The van der Waals surface area contributed by atoms with E-state index in [1.54, 1.807) is 0 Å². The minimum absolute atomic E-state index is 0.189.